The first-order chi connectivity index (χ1) is 23.9. The molecule has 0 radical (unpaired) electrons. The van der Waals surface area contributed by atoms with Gasteiger partial charge >= 0.3 is 0 Å². The topological polar surface area (TPSA) is 111 Å². The summed E-state index contributed by atoms with van der Waals surface area (Å²) in [6.45, 7) is 13.7. The van der Waals surface area contributed by atoms with Crippen LogP contribution in [0, 0.1) is 0 Å². The third-order valence-corrected chi connectivity index (χ3v) is 7.47. The number of ether oxygens (including phenoxy) is 12. The van der Waals surface area contributed by atoms with Crippen molar-refractivity contribution in [2.24, 2.45) is 0 Å². The fourth-order valence-electron chi connectivity index (χ4n) is 3.83. The summed E-state index contributed by atoms with van der Waals surface area (Å²) in [5.74, 6) is 0.745. The van der Waals surface area contributed by atoms with Gasteiger partial charge in [-0.2, -0.15) is 0 Å². The summed E-state index contributed by atoms with van der Waals surface area (Å²) in [5.41, 5.74) is 0. The van der Waals surface area contributed by atoms with Gasteiger partial charge in [-0.25, -0.2) is 0 Å². The number of halogens is 2. The lowest BCUT2D eigenvalue weighted by Gasteiger charge is -2.09. The van der Waals surface area contributed by atoms with Gasteiger partial charge in [0.1, 0.15) is 0 Å². The molecule has 12 nitrogen and oxygen atoms in total. The van der Waals surface area contributed by atoms with E-state index >= 15 is 0 Å². The molecule has 0 aliphatic carbocycles. The van der Waals surface area contributed by atoms with Gasteiger partial charge in [0.05, 0.1) is 145 Å². The number of unbranched alkanes of at least 4 members (excludes halogenated alkanes) is 6. The highest BCUT2D eigenvalue weighted by atomic mass is 127. The van der Waals surface area contributed by atoms with Crippen molar-refractivity contribution in [2.45, 2.75) is 51.4 Å². The van der Waals surface area contributed by atoms with Crippen LogP contribution in [0.2, 0.25) is 0 Å². The fourth-order valence-corrected chi connectivity index (χ4v) is 4.55. The van der Waals surface area contributed by atoms with Crippen molar-refractivity contribution in [3.05, 3.63) is 0 Å². The van der Waals surface area contributed by atoms with E-state index in [2.05, 4.69) is 22.6 Å². The Morgan fingerprint density at radius 2 is 0.417 bits per heavy atom. The highest BCUT2D eigenvalue weighted by Gasteiger charge is 1.97. The Kier molecular flexibility index (Phi) is 48.1. The third kappa shape index (κ3) is 46.5. The van der Waals surface area contributed by atoms with Crippen LogP contribution in [0.4, 0.5) is 0 Å². The van der Waals surface area contributed by atoms with Gasteiger partial charge in [0, 0.05) is 19.1 Å². The molecule has 0 rings (SSSR count). The molecule has 0 aliphatic rings. The molecule has 0 amide bonds. The zero-order chi connectivity index (χ0) is 34.5. The number of hydrogen-bond donors (Lipinski definition) is 0. The molecular formula is C34H68ClIO12. The van der Waals surface area contributed by atoms with Crippen LogP contribution in [0.15, 0.2) is 0 Å². The molecule has 0 N–H and O–H groups in total. The second-order valence-corrected chi connectivity index (χ2v) is 12.0. The molecule has 0 saturated carbocycles. The summed E-state index contributed by atoms with van der Waals surface area (Å²) in [6.07, 6.45) is 9.48. The van der Waals surface area contributed by atoms with E-state index in [0.29, 0.717) is 145 Å². The first-order valence-electron chi connectivity index (χ1n) is 18.0. The van der Waals surface area contributed by atoms with E-state index in [1.807, 2.05) is 0 Å². The quantitative estimate of drug-likeness (QED) is 0.0470. The predicted octanol–water partition coefficient (Wildman–Crippen LogP) is 4.98. The smallest absolute Gasteiger partial charge is 0.0701 e. The van der Waals surface area contributed by atoms with E-state index in [-0.39, 0.29) is 0 Å². The van der Waals surface area contributed by atoms with Crippen LogP contribution in [0.25, 0.3) is 0 Å². The van der Waals surface area contributed by atoms with Crippen LogP contribution in [-0.4, -0.2) is 169 Å². The molecule has 0 spiro atoms. The average Bonchev–Trinajstić information content (AvgIpc) is 3.10. The van der Waals surface area contributed by atoms with E-state index in [9.17, 15) is 0 Å². The summed E-state index contributed by atoms with van der Waals surface area (Å²) in [5, 5.41) is 0. The maximum Gasteiger partial charge on any atom is 0.0701 e. The summed E-state index contributed by atoms with van der Waals surface area (Å²) < 4.78 is 67.3. The van der Waals surface area contributed by atoms with Crippen molar-refractivity contribution in [1.82, 2.24) is 0 Å². The first-order valence-corrected chi connectivity index (χ1v) is 20.0. The average molecular weight is 831 g/mol. The highest BCUT2D eigenvalue weighted by Crippen LogP contribution is 2.02. The molecule has 0 aliphatic heterocycles. The van der Waals surface area contributed by atoms with Gasteiger partial charge in [-0.1, -0.05) is 48.3 Å². The molecule has 290 valence electrons. The maximum atomic E-state index is 5.66. The molecule has 48 heavy (non-hydrogen) atoms. The summed E-state index contributed by atoms with van der Waals surface area (Å²) in [6, 6.07) is 0. The molecule has 0 aromatic carbocycles. The van der Waals surface area contributed by atoms with E-state index in [1.54, 1.807) is 0 Å². The van der Waals surface area contributed by atoms with E-state index in [4.69, 9.17) is 68.4 Å². The zero-order valence-electron chi connectivity index (χ0n) is 29.7. The zero-order valence-corrected chi connectivity index (χ0v) is 32.6. The van der Waals surface area contributed by atoms with Crippen molar-refractivity contribution in [2.75, 3.05) is 169 Å². The molecule has 14 heteroatoms. The summed E-state index contributed by atoms with van der Waals surface area (Å²) in [4.78, 5) is 0. The highest BCUT2D eigenvalue weighted by molar-refractivity contribution is 14.1. The third-order valence-electron chi connectivity index (χ3n) is 6.44. The van der Waals surface area contributed by atoms with E-state index in [0.717, 1.165) is 38.4 Å². The Bertz CT molecular complexity index is 514. The SMILES string of the molecule is ClCCCCCCOCCOCCOCCOCCOCCOCCOCCOCCOCCOCCOCCOCCCCCCI. The molecule has 0 unspecified atom stereocenters. The van der Waals surface area contributed by atoms with E-state index < -0.39 is 0 Å². The number of hydrogen-bond acceptors (Lipinski definition) is 12. The van der Waals surface area contributed by atoms with Crippen molar-refractivity contribution in [3.63, 3.8) is 0 Å². The lowest BCUT2D eigenvalue weighted by atomic mass is 10.2. The van der Waals surface area contributed by atoms with Crippen LogP contribution in [0.1, 0.15) is 51.4 Å². The normalized spacial score (nSPS) is 11.6. The fraction of sp³-hybridized carbons (Fsp3) is 1.00. The van der Waals surface area contributed by atoms with Gasteiger partial charge in [0.15, 0.2) is 0 Å². The first kappa shape index (κ1) is 48.5. The Morgan fingerprint density at radius 1 is 0.229 bits per heavy atom. The summed E-state index contributed by atoms with van der Waals surface area (Å²) in [7, 11) is 0. The van der Waals surface area contributed by atoms with Crippen LogP contribution in [0.5, 0.6) is 0 Å². The standard InChI is InChI=1S/C34H68ClIO12/c35-9-5-1-3-7-11-37-13-15-39-17-19-41-21-23-43-25-27-45-29-31-47-33-34-48-32-30-46-28-26-44-24-22-42-20-18-40-16-14-38-12-8-4-2-6-10-36/h1-34H2. The lowest BCUT2D eigenvalue weighted by molar-refractivity contribution is -0.0284. The minimum absolute atomic E-state index is 0.518. The second-order valence-electron chi connectivity index (χ2n) is 10.6. The van der Waals surface area contributed by atoms with Crippen LogP contribution in [0.3, 0.4) is 0 Å². The van der Waals surface area contributed by atoms with Crippen molar-refractivity contribution < 1.29 is 56.8 Å². The van der Waals surface area contributed by atoms with Crippen molar-refractivity contribution in [3.8, 4) is 0 Å². The Hall–Kier alpha value is 0.540. The van der Waals surface area contributed by atoms with Gasteiger partial charge < -0.3 is 56.8 Å². The molecule has 0 aromatic heterocycles. The van der Waals surface area contributed by atoms with Gasteiger partial charge in [-0.3, -0.25) is 0 Å². The number of alkyl halides is 2. The van der Waals surface area contributed by atoms with Crippen LogP contribution >= 0.6 is 34.2 Å². The van der Waals surface area contributed by atoms with Gasteiger partial charge in [-0.05, 0) is 30.1 Å². The molecule has 0 heterocycles. The van der Waals surface area contributed by atoms with Crippen LogP contribution < -0.4 is 0 Å². The van der Waals surface area contributed by atoms with Crippen LogP contribution in [-0.2, 0) is 56.8 Å². The van der Waals surface area contributed by atoms with E-state index in [1.165, 1.54) is 36.5 Å². The molecule has 0 saturated heterocycles. The Balaban J connectivity index is 3.04. The molecule has 0 bridgehead atoms. The van der Waals surface area contributed by atoms with Crippen molar-refractivity contribution >= 4 is 34.2 Å². The lowest BCUT2D eigenvalue weighted by Crippen LogP contribution is -2.15. The van der Waals surface area contributed by atoms with Gasteiger partial charge in [0.2, 0.25) is 0 Å². The predicted molar refractivity (Wildman–Crippen MR) is 196 cm³/mol. The monoisotopic (exact) mass is 830 g/mol. The number of rotatable bonds is 45. The largest absolute Gasteiger partial charge is 0.379 e. The summed E-state index contributed by atoms with van der Waals surface area (Å²) >= 11 is 8.08. The van der Waals surface area contributed by atoms with Gasteiger partial charge in [0.25, 0.3) is 0 Å². The molecule has 0 aromatic rings. The molecule has 0 fully saturated rings. The van der Waals surface area contributed by atoms with Crippen molar-refractivity contribution in [1.29, 1.82) is 0 Å². The Labute approximate surface area is 310 Å². The Morgan fingerprint density at radius 3 is 0.625 bits per heavy atom. The minimum atomic E-state index is 0.518. The van der Waals surface area contributed by atoms with Gasteiger partial charge in [-0.15, -0.1) is 11.6 Å². The minimum Gasteiger partial charge on any atom is -0.379 e. The molecular weight excluding hydrogens is 763 g/mol. The maximum absolute atomic E-state index is 5.66. The molecule has 0 atom stereocenters. The second kappa shape index (κ2) is 47.5.